The first-order valence-corrected chi connectivity index (χ1v) is 7.47. The number of carbonyl (C=O) groups is 2. The third kappa shape index (κ3) is 7.98. The van der Waals surface area contributed by atoms with E-state index in [0.717, 1.165) is 5.57 Å². The van der Waals surface area contributed by atoms with Crippen molar-refractivity contribution in [3.8, 4) is 0 Å². The van der Waals surface area contributed by atoms with Crippen molar-refractivity contribution in [2.24, 2.45) is 0 Å². The van der Waals surface area contributed by atoms with Crippen LogP contribution >= 0.6 is 0 Å². The minimum absolute atomic E-state index is 0.256. The Morgan fingerprint density at radius 2 is 2.04 bits per heavy atom. The van der Waals surface area contributed by atoms with Gasteiger partial charge in [0.1, 0.15) is 5.60 Å². The molecule has 0 fully saturated rings. The molecule has 8 heteroatoms. The van der Waals surface area contributed by atoms with E-state index in [-0.39, 0.29) is 11.6 Å². The third-order valence-electron chi connectivity index (χ3n) is 2.55. The zero-order chi connectivity index (χ0) is 17.5. The van der Waals surface area contributed by atoms with Gasteiger partial charge in [-0.25, -0.2) is 4.79 Å². The number of rotatable bonds is 7. The van der Waals surface area contributed by atoms with Gasteiger partial charge in [0.25, 0.3) is 5.91 Å². The van der Waals surface area contributed by atoms with Crippen LogP contribution in [0.3, 0.4) is 0 Å². The van der Waals surface area contributed by atoms with Gasteiger partial charge in [0.05, 0.1) is 6.20 Å². The van der Waals surface area contributed by atoms with Gasteiger partial charge in [0.15, 0.2) is 5.69 Å². The van der Waals surface area contributed by atoms with Crippen LogP contribution in [0.15, 0.2) is 18.3 Å². The third-order valence-corrected chi connectivity index (χ3v) is 2.55. The van der Waals surface area contributed by atoms with Crippen molar-refractivity contribution in [2.45, 2.75) is 46.3 Å². The van der Waals surface area contributed by atoms with E-state index < -0.39 is 11.7 Å². The SMILES string of the molecule is C=C(C)CNC(=O)c1cn(CCCNC(=O)OC(C)(C)C)nn1. The van der Waals surface area contributed by atoms with Gasteiger partial charge in [0.2, 0.25) is 0 Å². The molecule has 1 aromatic rings. The van der Waals surface area contributed by atoms with E-state index in [1.807, 2.05) is 27.7 Å². The predicted octanol–water partition coefficient (Wildman–Crippen LogP) is 1.50. The first-order valence-electron chi connectivity index (χ1n) is 7.47. The monoisotopic (exact) mass is 323 g/mol. The van der Waals surface area contributed by atoms with Crippen molar-refractivity contribution < 1.29 is 14.3 Å². The van der Waals surface area contributed by atoms with Gasteiger partial charge in [-0.1, -0.05) is 17.4 Å². The van der Waals surface area contributed by atoms with Crippen LogP contribution in [0.2, 0.25) is 0 Å². The topological polar surface area (TPSA) is 98.1 Å². The summed E-state index contributed by atoms with van der Waals surface area (Å²) in [4.78, 5) is 23.2. The molecule has 0 saturated carbocycles. The zero-order valence-corrected chi connectivity index (χ0v) is 14.2. The lowest BCUT2D eigenvalue weighted by atomic mass is 10.2. The maximum absolute atomic E-state index is 11.8. The molecule has 0 atom stereocenters. The largest absolute Gasteiger partial charge is 0.444 e. The Hall–Kier alpha value is -2.38. The second-order valence-corrected chi connectivity index (χ2v) is 6.29. The standard InChI is InChI=1S/C15H25N5O3/c1-11(2)9-17-13(21)12-10-20(19-18-12)8-6-7-16-14(22)23-15(3,4)5/h10H,1,6-9H2,2-5H3,(H,16,22)(H,17,21). The maximum atomic E-state index is 11.8. The highest BCUT2D eigenvalue weighted by molar-refractivity contribution is 5.91. The summed E-state index contributed by atoms with van der Waals surface area (Å²) in [6.45, 7) is 12.4. The number of nitrogens with zero attached hydrogens (tertiary/aromatic N) is 3. The molecule has 8 nitrogen and oxygen atoms in total. The molecular weight excluding hydrogens is 298 g/mol. The number of ether oxygens (including phenoxy) is 1. The average Bonchev–Trinajstić information content (AvgIpc) is 2.88. The summed E-state index contributed by atoms with van der Waals surface area (Å²) in [6.07, 6.45) is 1.77. The van der Waals surface area contributed by atoms with Gasteiger partial charge in [-0.05, 0) is 34.1 Å². The number of nitrogens with one attached hydrogen (secondary N) is 2. The molecule has 0 aliphatic heterocycles. The van der Waals surface area contributed by atoms with Gasteiger partial charge in [-0.15, -0.1) is 5.10 Å². The highest BCUT2D eigenvalue weighted by Crippen LogP contribution is 2.06. The van der Waals surface area contributed by atoms with Crippen LogP contribution in [0.5, 0.6) is 0 Å². The van der Waals surface area contributed by atoms with E-state index >= 15 is 0 Å². The number of alkyl carbamates (subject to hydrolysis) is 1. The number of hydrogen-bond acceptors (Lipinski definition) is 5. The summed E-state index contributed by atoms with van der Waals surface area (Å²) in [5, 5.41) is 13.0. The molecule has 1 rings (SSSR count). The van der Waals surface area contributed by atoms with Gasteiger partial charge in [-0.2, -0.15) is 0 Å². The van der Waals surface area contributed by atoms with Crippen LogP contribution in [0.1, 0.15) is 44.6 Å². The van der Waals surface area contributed by atoms with Crippen LogP contribution in [0.25, 0.3) is 0 Å². The molecule has 0 unspecified atom stereocenters. The fourth-order valence-corrected chi connectivity index (χ4v) is 1.58. The van der Waals surface area contributed by atoms with Gasteiger partial charge < -0.3 is 15.4 Å². The molecule has 0 bridgehead atoms. The average molecular weight is 323 g/mol. The number of amides is 2. The summed E-state index contributed by atoms with van der Waals surface area (Å²) in [5.41, 5.74) is 0.604. The molecular formula is C15H25N5O3. The molecule has 1 heterocycles. The molecule has 0 aliphatic carbocycles. The Labute approximate surface area is 136 Å². The zero-order valence-electron chi connectivity index (χ0n) is 14.2. The first kappa shape index (κ1) is 18.7. The Morgan fingerprint density at radius 3 is 2.65 bits per heavy atom. The minimum Gasteiger partial charge on any atom is -0.444 e. The molecule has 0 spiro atoms. The molecule has 1 aromatic heterocycles. The summed E-state index contributed by atoms with van der Waals surface area (Å²) in [6, 6.07) is 0. The van der Waals surface area contributed by atoms with E-state index in [9.17, 15) is 9.59 Å². The normalized spacial score (nSPS) is 11.0. The Kier molecular flexibility index (Phi) is 6.74. The lowest BCUT2D eigenvalue weighted by Gasteiger charge is -2.19. The number of carbonyl (C=O) groups excluding carboxylic acids is 2. The van der Waals surface area contributed by atoms with Crippen molar-refractivity contribution in [2.75, 3.05) is 13.1 Å². The Balaban J connectivity index is 2.30. The highest BCUT2D eigenvalue weighted by atomic mass is 16.6. The predicted molar refractivity (Wildman–Crippen MR) is 86.0 cm³/mol. The van der Waals surface area contributed by atoms with Crippen LogP contribution in [-0.2, 0) is 11.3 Å². The van der Waals surface area contributed by atoms with E-state index in [1.165, 1.54) is 0 Å². The molecule has 23 heavy (non-hydrogen) atoms. The van der Waals surface area contributed by atoms with Crippen molar-refractivity contribution in [3.05, 3.63) is 24.0 Å². The molecule has 0 aliphatic rings. The quantitative estimate of drug-likeness (QED) is 0.585. The van der Waals surface area contributed by atoms with Gasteiger partial charge >= 0.3 is 6.09 Å². The summed E-state index contributed by atoms with van der Waals surface area (Å²) < 4.78 is 6.69. The minimum atomic E-state index is -0.512. The Morgan fingerprint density at radius 1 is 1.35 bits per heavy atom. The van der Waals surface area contributed by atoms with Crippen LogP contribution < -0.4 is 10.6 Å². The number of hydrogen-bond donors (Lipinski definition) is 2. The molecule has 2 amide bonds. The second kappa shape index (κ2) is 8.30. The lowest BCUT2D eigenvalue weighted by molar-refractivity contribution is 0.0526. The van der Waals surface area contributed by atoms with Gasteiger partial charge in [0, 0.05) is 19.6 Å². The molecule has 0 saturated heterocycles. The van der Waals surface area contributed by atoms with Crippen molar-refractivity contribution in [1.82, 2.24) is 25.6 Å². The summed E-state index contributed by atoms with van der Waals surface area (Å²) in [7, 11) is 0. The van der Waals surface area contributed by atoms with Crippen LogP contribution in [0, 0.1) is 0 Å². The lowest BCUT2D eigenvalue weighted by Crippen LogP contribution is -2.33. The molecule has 128 valence electrons. The van der Waals surface area contributed by atoms with Crippen LogP contribution in [0.4, 0.5) is 4.79 Å². The number of aryl methyl sites for hydroxylation is 1. The maximum Gasteiger partial charge on any atom is 0.407 e. The molecule has 0 aromatic carbocycles. The molecule has 2 N–H and O–H groups in total. The highest BCUT2D eigenvalue weighted by Gasteiger charge is 2.15. The Bertz CT molecular complexity index is 560. The van der Waals surface area contributed by atoms with E-state index in [1.54, 1.807) is 10.9 Å². The van der Waals surface area contributed by atoms with Gasteiger partial charge in [-0.3, -0.25) is 9.48 Å². The van der Waals surface area contributed by atoms with Crippen molar-refractivity contribution in [3.63, 3.8) is 0 Å². The summed E-state index contributed by atoms with van der Waals surface area (Å²) in [5.74, 6) is -0.286. The van der Waals surface area contributed by atoms with E-state index in [0.29, 0.717) is 26.1 Å². The first-order chi connectivity index (χ1) is 10.7. The van der Waals surface area contributed by atoms with Crippen LogP contribution in [-0.4, -0.2) is 45.7 Å². The fourth-order valence-electron chi connectivity index (χ4n) is 1.58. The second-order valence-electron chi connectivity index (χ2n) is 6.29. The molecule has 0 radical (unpaired) electrons. The van der Waals surface area contributed by atoms with Crippen molar-refractivity contribution in [1.29, 1.82) is 0 Å². The van der Waals surface area contributed by atoms with Crippen molar-refractivity contribution >= 4 is 12.0 Å². The van der Waals surface area contributed by atoms with E-state index in [4.69, 9.17) is 4.74 Å². The van der Waals surface area contributed by atoms with E-state index in [2.05, 4.69) is 27.5 Å². The summed E-state index contributed by atoms with van der Waals surface area (Å²) >= 11 is 0. The fraction of sp³-hybridized carbons (Fsp3) is 0.600. The smallest absolute Gasteiger partial charge is 0.407 e. The number of aromatic nitrogens is 3.